The third-order valence-electron chi connectivity index (χ3n) is 4.82. The van der Waals surface area contributed by atoms with E-state index in [1.165, 1.54) is 7.11 Å². The second-order valence-corrected chi connectivity index (χ2v) is 7.24. The van der Waals surface area contributed by atoms with Gasteiger partial charge in [0.05, 0.1) is 16.4 Å². The van der Waals surface area contributed by atoms with Gasteiger partial charge in [-0.3, -0.25) is 9.59 Å². The molecule has 22 heavy (non-hydrogen) atoms. The van der Waals surface area contributed by atoms with Crippen LogP contribution in [0.15, 0.2) is 11.6 Å². The molecular formula is C16H24O6. The third kappa shape index (κ3) is 2.01. The van der Waals surface area contributed by atoms with E-state index in [0.29, 0.717) is 0 Å². The number of ether oxygens (including phenoxy) is 1. The van der Waals surface area contributed by atoms with Gasteiger partial charge in [-0.25, -0.2) is 4.89 Å². The summed E-state index contributed by atoms with van der Waals surface area (Å²) in [6, 6.07) is 0. The summed E-state index contributed by atoms with van der Waals surface area (Å²) in [6.07, 6.45) is 1.88. The van der Waals surface area contributed by atoms with Gasteiger partial charge in [0.25, 0.3) is 0 Å². The van der Waals surface area contributed by atoms with Gasteiger partial charge < -0.3 is 9.84 Å². The first kappa shape index (κ1) is 17.3. The van der Waals surface area contributed by atoms with Crippen LogP contribution in [0.5, 0.6) is 0 Å². The normalized spacial score (nSPS) is 36.8. The van der Waals surface area contributed by atoms with E-state index in [-0.39, 0.29) is 30.2 Å². The predicted molar refractivity (Wildman–Crippen MR) is 77.7 cm³/mol. The van der Waals surface area contributed by atoms with Crippen LogP contribution in [0.2, 0.25) is 0 Å². The van der Waals surface area contributed by atoms with Crippen molar-refractivity contribution in [3.63, 3.8) is 0 Å². The van der Waals surface area contributed by atoms with Crippen molar-refractivity contribution >= 4 is 11.6 Å². The smallest absolute Gasteiger partial charge is 0.242 e. The topological polar surface area (TPSA) is 82.1 Å². The van der Waals surface area contributed by atoms with Gasteiger partial charge in [0.15, 0.2) is 11.6 Å². The molecule has 2 rings (SSSR count). The fraction of sp³-hybridized carbons (Fsp3) is 0.750. The van der Waals surface area contributed by atoms with Crippen molar-refractivity contribution in [3.05, 3.63) is 11.6 Å². The molecule has 2 atom stereocenters. The second-order valence-electron chi connectivity index (χ2n) is 7.24. The monoisotopic (exact) mass is 312 g/mol. The Bertz CT molecular complexity index is 547. The van der Waals surface area contributed by atoms with Gasteiger partial charge in [0.1, 0.15) is 5.60 Å². The Morgan fingerprint density at radius 2 is 1.73 bits per heavy atom. The van der Waals surface area contributed by atoms with E-state index in [9.17, 15) is 14.7 Å². The summed E-state index contributed by atoms with van der Waals surface area (Å²) < 4.78 is 5.48. The molecule has 0 bridgehead atoms. The molecule has 1 aliphatic heterocycles. The lowest BCUT2D eigenvalue weighted by atomic mass is 9.57. The number of hydrogen-bond donors (Lipinski definition) is 1. The molecule has 1 heterocycles. The SMILES string of the molecule is CO[C@@]12OO[C@](C)(CCO)C=C1C(=O)C(C)(C)C(=O)C2(C)C. The zero-order valence-electron chi connectivity index (χ0n) is 14.0. The summed E-state index contributed by atoms with van der Waals surface area (Å²) in [6.45, 7) is 8.16. The summed E-state index contributed by atoms with van der Waals surface area (Å²) in [5.74, 6) is -2.18. The Hall–Kier alpha value is -1.08. The number of aliphatic hydroxyl groups excluding tert-OH is 1. The Labute approximate surface area is 130 Å². The highest BCUT2D eigenvalue weighted by molar-refractivity contribution is 6.19. The number of Topliss-reactive ketones (excluding diaryl/α,β-unsaturated/α-hetero) is 2. The van der Waals surface area contributed by atoms with E-state index in [2.05, 4.69) is 0 Å². The summed E-state index contributed by atoms with van der Waals surface area (Å²) in [5, 5.41) is 9.18. The van der Waals surface area contributed by atoms with Crippen molar-refractivity contribution in [2.24, 2.45) is 10.8 Å². The van der Waals surface area contributed by atoms with Crippen molar-refractivity contribution in [1.82, 2.24) is 0 Å². The van der Waals surface area contributed by atoms with Crippen molar-refractivity contribution in [2.45, 2.75) is 52.4 Å². The molecule has 0 aromatic heterocycles. The molecule has 2 aliphatic rings. The van der Waals surface area contributed by atoms with E-state index in [0.717, 1.165) is 0 Å². The van der Waals surface area contributed by atoms with Gasteiger partial charge in [-0.15, -0.1) is 0 Å². The van der Waals surface area contributed by atoms with Gasteiger partial charge >= 0.3 is 0 Å². The summed E-state index contributed by atoms with van der Waals surface area (Å²) in [5.41, 5.74) is -2.95. The van der Waals surface area contributed by atoms with Crippen LogP contribution in [0.25, 0.3) is 0 Å². The van der Waals surface area contributed by atoms with Crippen LogP contribution in [-0.2, 0) is 24.1 Å². The minimum absolute atomic E-state index is 0.121. The number of carbonyl (C=O) groups is 2. The third-order valence-corrected chi connectivity index (χ3v) is 4.82. The molecule has 1 aliphatic carbocycles. The molecule has 0 saturated heterocycles. The molecule has 0 unspecified atom stereocenters. The fourth-order valence-electron chi connectivity index (χ4n) is 3.38. The highest BCUT2D eigenvalue weighted by Gasteiger charge is 2.68. The van der Waals surface area contributed by atoms with Crippen LogP contribution < -0.4 is 0 Å². The van der Waals surface area contributed by atoms with Gasteiger partial charge in [0, 0.05) is 20.1 Å². The first-order chi connectivity index (χ1) is 9.98. The van der Waals surface area contributed by atoms with E-state index < -0.39 is 22.2 Å². The van der Waals surface area contributed by atoms with Crippen LogP contribution in [0.3, 0.4) is 0 Å². The summed E-state index contributed by atoms with van der Waals surface area (Å²) in [4.78, 5) is 36.5. The predicted octanol–water partition coefficient (Wildman–Crippen LogP) is 1.56. The molecule has 6 heteroatoms. The molecule has 6 nitrogen and oxygen atoms in total. The van der Waals surface area contributed by atoms with E-state index in [1.54, 1.807) is 40.7 Å². The van der Waals surface area contributed by atoms with Crippen LogP contribution in [0, 0.1) is 10.8 Å². The van der Waals surface area contributed by atoms with Gasteiger partial charge in [-0.2, -0.15) is 4.89 Å². The number of methoxy groups -OCH3 is 1. The largest absolute Gasteiger partial charge is 0.396 e. The Morgan fingerprint density at radius 1 is 1.14 bits per heavy atom. The summed E-state index contributed by atoms with van der Waals surface area (Å²) >= 11 is 0. The number of carbonyl (C=O) groups excluding carboxylic acids is 2. The van der Waals surface area contributed by atoms with Crippen molar-refractivity contribution in [2.75, 3.05) is 13.7 Å². The molecule has 1 saturated carbocycles. The number of hydrogen-bond acceptors (Lipinski definition) is 6. The molecule has 1 N–H and O–H groups in total. The minimum atomic E-state index is -1.58. The lowest BCUT2D eigenvalue weighted by molar-refractivity contribution is -0.469. The molecule has 0 amide bonds. The number of aliphatic hydroxyl groups is 1. The van der Waals surface area contributed by atoms with Crippen LogP contribution in [0.1, 0.15) is 41.0 Å². The Balaban J connectivity index is 2.69. The van der Waals surface area contributed by atoms with E-state index in [1.807, 2.05) is 0 Å². The highest BCUT2D eigenvalue weighted by atomic mass is 17.2. The molecule has 0 aromatic carbocycles. The molecule has 124 valence electrons. The van der Waals surface area contributed by atoms with Gasteiger partial charge in [-0.1, -0.05) is 0 Å². The number of ketones is 2. The lowest BCUT2D eigenvalue weighted by Crippen LogP contribution is -2.67. The highest BCUT2D eigenvalue weighted by Crippen LogP contribution is 2.54. The second kappa shape index (κ2) is 4.96. The van der Waals surface area contributed by atoms with Gasteiger partial charge in [0.2, 0.25) is 5.79 Å². The first-order valence-corrected chi connectivity index (χ1v) is 7.34. The van der Waals surface area contributed by atoms with Gasteiger partial charge in [-0.05, 0) is 40.7 Å². The molecule has 0 spiro atoms. The number of fused-ring (bicyclic) bond motifs is 1. The average molecular weight is 312 g/mol. The maximum absolute atomic E-state index is 12.9. The standard InChI is InChI=1S/C16H24O6/c1-13(2)11(18)10-9-15(5,7-8-17)21-22-16(10,20-6)14(3,4)12(13)19/h9,17H,7-8H2,1-6H3/t15-,16-/m1/s1. The fourth-order valence-corrected chi connectivity index (χ4v) is 3.38. The van der Waals surface area contributed by atoms with Crippen molar-refractivity contribution in [1.29, 1.82) is 0 Å². The zero-order chi connectivity index (χ0) is 17.0. The Kier molecular flexibility index (Phi) is 3.89. The quantitative estimate of drug-likeness (QED) is 0.629. The zero-order valence-corrected chi connectivity index (χ0v) is 14.0. The molecule has 0 radical (unpaired) electrons. The van der Waals surface area contributed by atoms with E-state index >= 15 is 0 Å². The van der Waals surface area contributed by atoms with Crippen molar-refractivity contribution in [3.8, 4) is 0 Å². The molecule has 0 aromatic rings. The lowest BCUT2D eigenvalue weighted by Gasteiger charge is -2.53. The van der Waals surface area contributed by atoms with Crippen molar-refractivity contribution < 1.29 is 29.2 Å². The minimum Gasteiger partial charge on any atom is -0.396 e. The first-order valence-electron chi connectivity index (χ1n) is 7.34. The van der Waals surface area contributed by atoms with Crippen LogP contribution in [-0.4, -0.2) is 41.8 Å². The maximum Gasteiger partial charge on any atom is 0.242 e. The van der Waals surface area contributed by atoms with Crippen LogP contribution in [0.4, 0.5) is 0 Å². The van der Waals surface area contributed by atoms with E-state index in [4.69, 9.17) is 14.5 Å². The number of rotatable bonds is 3. The Morgan fingerprint density at radius 3 is 2.23 bits per heavy atom. The average Bonchev–Trinajstić information content (AvgIpc) is 2.44. The maximum atomic E-state index is 12.9. The molecular weight excluding hydrogens is 288 g/mol. The van der Waals surface area contributed by atoms with Crippen LogP contribution >= 0.6 is 0 Å². The summed E-state index contributed by atoms with van der Waals surface area (Å²) in [7, 11) is 1.38. The molecule has 1 fully saturated rings.